The number of nitrogens with zero attached hydrogens (tertiary/aromatic N) is 3. The van der Waals surface area contributed by atoms with Gasteiger partial charge in [-0.25, -0.2) is 15.0 Å². The lowest BCUT2D eigenvalue weighted by Gasteiger charge is -2.12. The highest BCUT2D eigenvalue weighted by atomic mass is 16.3. The Morgan fingerprint density at radius 3 is 1.82 bits per heavy atom. The van der Waals surface area contributed by atoms with E-state index in [0.29, 0.717) is 17.5 Å². The summed E-state index contributed by atoms with van der Waals surface area (Å²) < 4.78 is 6.23. The van der Waals surface area contributed by atoms with Gasteiger partial charge in [0.05, 0.1) is 0 Å². The van der Waals surface area contributed by atoms with Crippen LogP contribution in [0.25, 0.3) is 88.8 Å². The van der Waals surface area contributed by atoms with Crippen LogP contribution in [0.2, 0.25) is 0 Å². The van der Waals surface area contributed by atoms with Crippen molar-refractivity contribution in [3.8, 4) is 45.3 Å². The van der Waals surface area contributed by atoms with Crippen LogP contribution < -0.4 is 0 Å². The van der Waals surface area contributed by atoms with Gasteiger partial charge in [0.25, 0.3) is 0 Å². The van der Waals surface area contributed by atoms with Crippen molar-refractivity contribution in [2.45, 2.75) is 0 Å². The van der Waals surface area contributed by atoms with Crippen LogP contribution in [0.15, 0.2) is 156 Å². The molecule has 4 heteroatoms. The van der Waals surface area contributed by atoms with Gasteiger partial charge in [0.2, 0.25) is 0 Å². The lowest BCUT2D eigenvalue weighted by atomic mass is 9.96. The van der Waals surface area contributed by atoms with Gasteiger partial charge in [0, 0.05) is 27.5 Å². The summed E-state index contributed by atoms with van der Waals surface area (Å²) in [6.07, 6.45) is 0. The van der Waals surface area contributed by atoms with Crippen LogP contribution in [0.4, 0.5) is 0 Å². The minimum Gasteiger partial charge on any atom is -0.456 e. The summed E-state index contributed by atoms with van der Waals surface area (Å²) in [6.45, 7) is 0. The number of hydrogen-bond donors (Lipinski definition) is 0. The lowest BCUT2D eigenvalue weighted by Crippen LogP contribution is -2.01. The van der Waals surface area contributed by atoms with Gasteiger partial charge in [-0.2, -0.15) is 0 Å². The van der Waals surface area contributed by atoms with Gasteiger partial charge >= 0.3 is 0 Å². The van der Waals surface area contributed by atoms with E-state index in [2.05, 4.69) is 115 Å². The molecule has 0 saturated carbocycles. The smallest absolute Gasteiger partial charge is 0.164 e. The molecule has 0 aliphatic rings. The molecule has 4 nitrogen and oxygen atoms in total. The molecule has 0 saturated heterocycles. The average molecular weight is 576 g/mol. The van der Waals surface area contributed by atoms with Crippen molar-refractivity contribution >= 4 is 43.5 Å². The van der Waals surface area contributed by atoms with Crippen LogP contribution >= 0.6 is 0 Å². The summed E-state index contributed by atoms with van der Waals surface area (Å²) in [4.78, 5) is 15.5. The molecule has 0 unspecified atom stereocenters. The standard InChI is InChI=1S/C41H25N3O/c1-2-11-26(12-3-1)31-18-8-15-28-23-24-29(25-35(28)31)39-42-40(32-19-9-14-27-13-4-5-16-30(27)32)44-41(43-39)34-20-10-22-37-38(34)33-17-6-7-21-36(33)45-37/h1-25H. The van der Waals surface area contributed by atoms with E-state index in [1.165, 1.54) is 16.5 Å². The van der Waals surface area contributed by atoms with Gasteiger partial charge in [0.1, 0.15) is 11.2 Å². The number of fused-ring (bicyclic) bond motifs is 5. The average Bonchev–Trinajstić information content (AvgIpc) is 3.50. The third-order valence-electron chi connectivity index (χ3n) is 8.53. The lowest BCUT2D eigenvalue weighted by molar-refractivity contribution is 0.669. The van der Waals surface area contributed by atoms with Crippen molar-refractivity contribution in [2.75, 3.05) is 0 Å². The Bertz CT molecular complexity index is 2540. The zero-order chi connectivity index (χ0) is 29.7. The first kappa shape index (κ1) is 25.4. The Balaban J connectivity index is 1.32. The van der Waals surface area contributed by atoms with Crippen LogP contribution in [-0.4, -0.2) is 15.0 Å². The second-order valence-electron chi connectivity index (χ2n) is 11.2. The van der Waals surface area contributed by atoms with E-state index >= 15 is 0 Å². The van der Waals surface area contributed by atoms with Crippen LogP contribution in [0, 0.1) is 0 Å². The molecule has 0 N–H and O–H groups in total. The quantitative estimate of drug-likeness (QED) is 0.209. The maximum absolute atomic E-state index is 6.23. The van der Waals surface area contributed by atoms with Gasteiger partial charge in [-0.3, -0.25) is 0 Å². The molecule has 7 aromatic carbocycles. The Morgan fingerprint density at radius 2 is 0.956 bits per heavy atom. The maximum Gasteiger partial charge on any atom is 0.164 e. The fourth-order valence-electron chi connectivity index (χ4n) is 6.41. The molecule has 0 spiro atoms. The molecule has 2 heterocycles. The summed E-state index contributed by atoms with van der Waals surface area (Å²) in [7, 11) is 0. The summed E-state index contributed by atoms with van der Waals surface area (Å²) in [6, 6.07) is 52.2. The van der Waals surface area contributed by atoms with Crippen molar-refractivity contribution in [3.63, 3.8) is 0 Å². The van der Waals surface area contributed by atoms with E-state index in [0.717, 1.165) is 54.8 Å². The second-order valence-corrected chi connectivity index (χ2v) is 11.2. The summed E-state index contributed by atoms with van der Waals surface area (Å²) >= 11 is 0. The van der Waals surface area contributed by atoms with E-state index in [1.54, 1.807) is 0 Å². The number of para-hydroxylation sites is 1. The minimum absolute atomic E-state index is 0.608. The minimum atomic E-state index is 0.608. The number of hydrogen-bond acceptors (Lipinski definition) is 4. The highest BCUT2D eigenvalue weighted by Gasteiger charge is 2.19. The zero-order valence-electron chi connectivity index (χ0n) is 24.2. The summed E-state index contributed by atoms with van der Waals surface area (Å²) in [5, 5.41) is 6.59. The number of benzene rings is 7. The molecule has 2 aromatic heterocycles. The fraction of sp³-hybridized carbons (Fsp3) is 0. The van der Waals surface area contributed by atoms with Gasteiger partial charge < -0.3 is 4.42 Å². The van der Waals surface area contributed by atoms with E-state index in [-0.39, 0.29) is 0 Å². The Morgan fingerprint density at radius 1 is 0.356 bits per heavy atom. The van der Waals surface area contributed by atoms with Gasteiger partial charge in [-0.1, -0.05) is 133 Å². The molecule has 0 aliphatic carbocycles. The largest absolute Gasteiger partial charge is 0.456 e. The number of furan rings is 1. The molecule has 0 radical (unpaired) electrons. The van der Waals surface area contributed by atoms with E-state index < -0.39 is 0 Å². The van der Waals surface area contributed by atoms with E-state index in [4.69, 9.17) is 19.4 Å². The van der Waals surface area contributed by atoms with Crippen LogP contribution in [0.3, 0.4) is 0 Å². The van der Waals surface area contributed by atoms with Crippen molar-refractivity contribution < 1.29 is 4.42 Å². The molecule has 0 aliphatic heterocycles. The highest BCUT2D eigenvalue weighted by molar-refractivity contribution is 6.12. The van der Waals surface area contributed by atoms with E-state index in [9.17, 15) is 0 Å². The summed E-state index contributed by atoms with van der Waals surface area (Å²) in [5.41, 5.74) is 6.80. The molecular formula is C41H25N3O. The predicted molar refractivity (Wildman–Crippen MR) is 184 cm³/mol. The monoisotopic (exact) mass is 575 g/mol. The second kappa shape index (κ2) is 10.2. The van der Waals surface area contributed by atoms with E-state index in [1.807, 2.05) is 36.4 Å². The van der Waals surface area contributed by atoms with Gasteiger partial charge in [-0.05, 0) is 50.9 Å². The van der Waals surface area contributed by atoms with Gasteiger partial charge in [0.15, 0.2) is 17.5 Å². The van der Waals surface area contributed by atoms with Crippen molar-refractivity contribution in [1.82, 2.24) is 15.0 Å². The summed E-state index contributed by atoms with van der Waals surface area (Å²) in [5.74, 6) is 1.86. The molecule has 0 fully saturated rings. The zero-order valence-corrected chi connectivity index (χ0v) is 24.2. The molecule has 0 atom stereocenters. The maximum atomic E-state index is 6.23. The Labute approximate surface area is 259 Å². The first-order valence-electron chi connectivity index (χ1n) is 15.0. The molecule has 0 amide bonds. The molecule has 210 valence electrons. The highest BCUT2D eigenvalue weighted by Crippen LogP contribution is 2.38. The molecular weight excluding hydrogens is 550 g/mol. The van der Waals surface area contributed by atoms with Crippen molar-refractivity contribution in [3.05, 3.63) is 152 Å². The normalized spacial score (nSPS) is 11.6. The molecule has 0 bridgehead atoms. The number of aromatic nitrogens is 3. The topological polar surface area (TPSA) is 51.8 Å². The molecule has 9 aromatic rings. The third kappa shape index (κ3) is 4.27. The number of rotatable bonds is 4. The third-order valence-corrected chi connectivity index (χ3v) is 8.53. The predicted octanol–water partition coefficient (Wildman–Crippen LogP) is 10.7. The molecule has 9 rings (SSSR count). The van der Waals surface area contributed by atoms with Crippen molar-refractivity contribution in [1.29, 1.82) is 0 Å². The van der Waals surface area contributed by atoms with Crippen LogP contribution in [-0.2, 0) is 0 Å². The van der Waals surface area contributed by atoms with Crippen LogP contribution in [0.1, 0.15) is 0 Å². The SMILES string of the molecule is c1ccc(-c2cccc3ccc(-c4nc(-c5cccc6ccccc56)nc(-c5cccc6oc7ccccc7c56)n4)cc23)cc1. The first-order chi connectivity index (χ1) is 22.3. The Kier molecular flexibility index (Phi) is 5.78. The first-order valence-corrected chi connectivity index (χ1v) is 15.0. The molecule has 45 heavy (non-hydrogen) atoms. The van der Waals surface area contributed by atoms with Crippen molar-refractivity contribution in [2.24, 2.45) is 0 Å². The van der Waals surface area contributed by atoms with Crippen LogP contribution in [0.5, 0.6) is 0 Å². The fourth-order valence-corrected chi connectivity index (χ4v) is 6.41. The Hall–Kier alpha value is -6.13. The van der Waals surface area contributed by atoms with Gasteiger partial charge in [-0.15, -0.1) is 0 Å².